The molecule has 1 fully saturated rings. The minimum atomic E-state index is 0.0785. The third kappa shape index (κ3) is 4.48. The number of nitrogens with zero attached hydrogens (tertiary/aromatic N) is 1. The van der Waals surface area contributed by atoms with Gasteiger partial charge < -0.3 is 21.0 Å². The molecule has 5 heteroatoms. The summed E-state index contributed by atoms with van der Waals surface area (Å²) in [7, 11) is 0. The van der Waals surface area contributed by atoms with Gasteiger partial charge in [-0.1, -0.05) is 12.1 Å². The standard InChI is InChI=1S/C10H21N3O2/c1-8(10(11)13-14)6-12-4-2-9-3-5-15-7-9/h8-9,12,14H,2-7H2,1H3,(H2,11,13). The van der Waals surface area contributed by atoms with Crippen molar-refractivity contribution in [3.63, 3.8) is 0 Å². The summed E-state index contributed by atoms with van der Waals surface area (Å²) in [5, 5.41) is 14.7. The van der Waals surface area contributed by atoms with Crippen molar-refractivity contribution in [2.45, 2.75) is 19.8 Å². The van der Waals surface area contributed by atoms with Crippen LogP contribution in [-0.4, -0.2) is 37.3 Å². The summed E-state index contributed by atoms with van der Waals surface area (Å²) in [4.78, 5) is 0. The number of hydrogen-bond donors (Lipinski definition) is 3. The highest BCUT2D eigenvalue weighted by atomic mass is 16.5. The Labute approximate surface area is 90.7 Å². The van der Waals surface area contributed by atoms with E-state index in [2.05, 4.69) is 10.5 Å². The van der Waals surface area contributed by atoms with Crippen LogP contribution in [0.4, 0.5) is 0 Å². The van der Waals surface area contributed by atoms with Crippen molar-refractivity contribution in [1.29, 1.82) is 0 Å². The molecule has 4 N–H and O–H groups in total. The molecule has 0 bridgehead atoms. The minimum absolute atomic E-state index is 0.0785. The summed E-state index contributed by atoms with van der Waals surface area (Å²) in [5.74, 6) is 1.07. The molecule has 1 aliphatic heterocycles. The van der Waals surface area contributed by atoms with Crippen LogP contribution in [0.1, 0.15) is 19.8 Å². The van der Waals surface area contributed by atoms with E-state index in [0.29, 0.717) is 5.92 Å². The van der Waals surface area contributed by atoms with Gasteiger partial charge in [0.2, 0.25) is 0 Å². The Bertz CT molecular complexity index is 203. The summed E-state index contributed by atoms with van der Waals surface area (Å²) in [5.41, 5.74) is 5.46. The zero-order valence-corrected chi connectivity index (χ0v) is 9.28. The fraction of sp³-hybridized carbons (Fsp3) is 0.900. The van der Waals surface area contributed by atoms with Crippen LogP contribution in [0, 0.1) is 11.8 Å². The van der Waals surface area contributed by atoms with Crippen LogP contribution >= 0.6 is 0 Å². The van der Waals surface area contributed by atoms with Gasteiger partial charge in [0, 0.05) is 25.7 Å². The van der Waals surface area contributed by atoms with E-state index in [-0.39, 0.29) is 11.8 Å². The Balaban J connectivity index is 2.00. The Morgan fingerprint density at radius 1 is 1.73 bits per heavy atom. The van der Waals surface area contributed by atoms with Crippen molar-refractivity contribution in [2.75, 3.05) is 26.3 Å². The molecule has 0 aliphatic carbocycles. The summed E-state index contributed by atoms with van der Waals surface area (Å²) in [6.45, 7) is 5.46. The molecular formula is C10H21N3O2. The van der Waals surface area contributed by atoms with Gasteiger partial charge in [-0.05, 0) is 25.3 Å². The number of nitrogens with two attached hydrogens (primary N) is 1. The molecule has 88 valence electrons. The zero-order valence-electron chi connectivity index (χ0n) is 9.28. The first kappa shape index (κ1) is 12.3. The molecule has 0 aromatic rings. The highest BCUT2D eigenvalue weighted by molar-refractivity contribution is 5.82. The molecule has 0 radical (unpaired) electrons. The van der Waals surface area contributed by atoms with Crippen LogP contribution in [0.3, 0.4) is 0 Å². The molecule has 0 aromatic heterocycles. The first-order valence-corrected chi connectivity index (χ1v) is 5.50. The predicted octanol–water partition coefficient (Wildman–Crippen LogP) is 0.385. The van der Waals surface area contributed by atoms with Gasteiger partial charge in [-0.3, -0.25) is 0 Å². The van der Waals surface area contributed by atoms with Gasteiger partial charge in [0.15, 0.2) is 0 Å². The van der Waals surface area contributed by atoms with E-state index >= 15 is 0 Å². The fourth-order valence-corrected chi connectivity index (χ4v) is 1.64. The molecule has 1 heterocycles. The van der Waals surface area contributed by atoms with Gasteiger partial charge >= 0.3 is 0 Å². The number of rotatable bonds is 6. The number of nitrogens with one attached hydrogen (secondary N) is 1. The Morgan fingerprint density at radius 3 is 3.13 bits per heavy atom. The molecule has 5 nitrogen and oxygen atoms in total. The molecule has 0 amide bonds. The van der Waals surface area contributed by atoms with Crippen LogP contribution < -0.4 is 11.1 Å². The quantitative estimate of drug-likeness (QED) is 0.197. The highest BCUT2D eigenvalue weighted by Crippen LogP contribution is 2.15. The van der Waals surface area contributed by atoms with Crippen LogP contribution in [0.2, 0.25) is 0 Å². The maximum Gasteiger partial charge on any atom is 0.143 e. The molecule has 0 saturated carbocycles. The summed E-state index contributed by atoms with van der Waals surface area (Å²) in [6.07, 6.45) is 2.32. The highest BCUT2D eigenvalue weighted by Gasteiger charge is 2.15. The number of ether oxygens (including phenoxy) is 1. The van der Waals surface area contributed by atoms with Crippen molar-refractivity contribution in [2.24, 2.45) is 22.7 Å². The van der Waals surface area contributed by atoms with Crippen LogP contribution in [-0.2, 0) is 4.74 Å². The van der Waals surface area contributed by atoms with E-state index in [9.17, 15) is 0 Å². The minimum Gasteiger partial charge on any atom is -0.409 e. The van der Waals surface area contributed by atoms with Crippen LogP contribution in [0.25, 0.3) is 0 Å². The van der Waals surface area contributed by atoms with Crippen LogP contribution in [0.15, 0.2) is 5.16 Å². The molecule has 2 atom stereocenters. The van der Waals surface area contributed by atoms with Gasteiger partial charge in [-0.2, -0.15) is 0 Å². The van der Waals surface area contributed by atoms with E-state index in [0.717, 1.165) is 32.7 Å². The third-order valence-electron chi connectivity index (χ3n) is 2.82. The predicted molar refractivity (Wildman–Crippen MR) is 59.0 cm³/mol. The number of hydrogen-bond acceptors (Lipinski definition) is 4. The van der Waals surface area contributed by atoms with Crippen molar-refractivity contribution >= 4 is 5.84 Å². The normalized spacial score (nSPS) is 24.3. The Morgan fingerprint density at radius 2 is 2.53 bits per heavy atom. The zero-order chi connectivity index (χ0) is 11.1. The molecular weight excluding hydrogens is 194 g/mol. The molecule has 1 saturated heterocycles. The molecule has 0 aromatic carbocycles. The van der Waals surface area contributed by atoms with E-state index < -0.39 is 0 Å². The second-order valence-corrected chi connectivity index (χ2v) is 4.15. The van der Waals surface area contributed by atoms with E-state index in [4.69, 9.17) is 15.7 Å². The smallest absolute Gasteiger partial charge is 0.143 e. The SMILES string of the molecule is CC(CNCCC1CCOC1)C(N)=NO. The summed E-state index contributed by atoms with van der Waals surface area (Å²) in [6, 6.07) is 0. The first-order chi connectivity index (χ1) is 7.24. The van der Waals surface area contributed by atoms with Crippen molar-refractivity contribution < 1.29 is 9.94 Å². The average Bonchev–Trinajstić information content (AvgIpc) is 2.75. The lowest BCUT2D eigenvalue weighted by Crippen LogP contribution is -2.32. The van der Waals surface area contributed by atoms with Gasteiger partial charge in [-0.15, -0.1) is 0 Å². The summed E-state index contributed by atoms with van der Waals surface area (Å²) < 4.78 is 5.29. The third-order valence-corrected chi connectivity index (χ3v) is 2.82. The lowest BCUT2D eigenvalue weighted by Gasteiger charge is -2.12. The fourth-order valence-electron chi connectivity index (χ4n) is 1.64. The van der Waals surface area contributed by atoms with Gasteiger partial charge in [-0.25, -0.2) is 0 Å². The molecule has 1 rings (SSSR count). The van der Waals surface area contributed by atoms with E-state index in [1.807, 2.05) is 6.92 Å². The van der Waals surface area contributed by atoms with Gasteiger partial charge in [0.25, 0.3) is 0 Å². The average molecular weight is 215 g/mol. The molecule has 15 heavy (non-hydrogen) atoms. The maximum atomic E-state index is 8.45. The largest absolute Gasteiger partial charge is 0.409 e. The maximum absolute atomic E-state index is 8.45. The Hall–Kier alpha value is -0.810. The first-order valence-electron chi connectivity index (χ1n) is 5.50. The lowest BCUT2D eigenvalue weighted by molar-refractivity contribution is 0.184. The van der Waals surface area contributed by atoms with Crippen molar-refractivity contribution in [3.8, 4) is 0 Å². The Kier molecular flexibility index (Phi) is 5.42. The second kappa shape index (κ2) is 6.63. The second-order valence-electron chi connectivity index (χ2n) is 4.15. The molecule has 2 unspecified atom stereocenters. The number of oxime groups is 1. The monoisotopic (exact) mass is 215 g/mol. The van der Waals surface area contributed by atoms with E-state index in [1.165, 1.54) is 6.42 Å². The molecule has 0 spiro atoms. The van der Waals surface area contributed by atoms with Gasteiger partial charge in [0.05, 0.1) is 0 Å². The van der Waals surface area contributed by atoms with Gasteiger partial charge in [0.1, 0.15) is 5.84 Å². The summed E-state index contributed by atoms with van der Waals surface area (Å²) >= 11 is 0. The van der Waals surface area contributed by atoms with E-state index in [1.54, 1.807) is 0 Å². The van der Waals surface area contributed by atoms with Crippen molar-refractivity contribution in [3.05, 3.63) is 0 Å². The topological polar surface area (TPSA) is 79.9 Å². The number of amidine groups is 1. The van der Waals surface area contributed by atoms with Crippen LogP contribution in [0.5, 0.6) is 0 Å². The molecule has 1 aliphatic rings. The lowest BCUT2D eigenvalue weighted by atomic mass is 10.1. The van der Waals surface area contributed by atoms with Crippen molar-refractivity contribution in [1.82, 2.24) is 5.32 Å².